The van der Waals surface area contributed by atoms with E-state index in [1.807, 2.05) is 22.9 Å². The van der Waals surface area contributed by atoms with Gasteiger partial charge in [-0.05, 0) is 32.0 Å². The van der Waals surface area contributed by atoms with Crippen LogP contribution in [0.3, 0.4) is 0 Å². The van der Waals surface area contributed by atoms with E-state index in [1.54, 1.807) is 18.9 Å². The zero-order valence-electron chi connectivity index (χ0n) is 14.8. The molecule has 0 radical (unpaired) electrons. The summed E-state index contributed by atoms with van der Waals surface area (Å²) in [5.41, 5.74) is 3.08. The number of anilines is 1. The second-order valence-corrected chi connectivity index (χ2v) is 6.45. The minimum atomic E-state index is 0.156. The Balaban J connectivity index is 1.67. The summed E-state index contributed by atoms with van der Waals surface area (Å²) in [6, 6.07) is 5.96. The molecular formula is C18H22N8. The van der Waals surface area contributed by atoms with Crippen molar-refractivity contribution in [1.29, 1.82) is 0 Å². The van der Waals surface area contributed by atoms with Gasteiger partial charge >= 0.3 is 0 Å². The Morgan fingerprint density at radius 1 is 1.23 bits per heavy atom. The standard InChI is InChI=1S/C18H22N8/c1-13(10-26-12-20-11-22-26)23-17-14-5-8-19-9-6-15(14)24-18(25-17)16-4-2-3-7-21-16/h2-4,7,11-13,19H,5-6,8-10H2,1H3,(H,23,24,25). The fraction of sp³-hybridized carbons (Fsp3) is 0.389. The molecule has 134 valence electrons. The first-order valence-electron chi connectivity index (χ1n) is 8.90. The van der Waals surface area contributed by atoms with Gasteiger partial charge in [0.05, 0.1) is 12.2 Å². The average Bonchev–Trinajstić information content (AvgIpc) is 3.04. The molecule has 3 aromatic rings. The van der Waals surface area contributed by atoms with Crippen LogP contribution < -0.4 is 10.6 Å². The van der Waals surface area contributed by atoms with E-state index < -0.39 is 0 Å². The smallest absolute Gasteiger partial charge is 0.180 e. The van der Waals surface area contributed by atoms with Crippen LogP contribution in [0.4, 0.5) is 5.82 Å². The third-order valence-corrected chi connectivity index (χ3v) is 4.39. The highest BCUT2D eigenvalue weighted by atomic mass is 15.3. The number of hydrogen-bond donors (Lipinski definition) is 2. The lowest BCUT2D eigenvalue weighted by Crippen LogP contribution is -2.24. The van der Waals surface area contributed by atoms with Crippen LogP contribution in [0.5, 0.6) is 0 Å². The molecule has 0 aliphatic carbocycles. The summed E-state index contributed by atoms with van der Waals surface area (Å²) in [7, 11) is 0. The molecule has 4 heterocycles. The molecular weight excluding hydrogens is 328 g/mol. The number of nitrogens with zero attached hydrogens (tertiary/aromatic N) is 6. The van der Waals surface area contributed by atoms with Crippen molar-refractivity contribution in [2.24, 2.45) is 0 Å². The fourth-order valence-electron chi connectivity index (χ4n) is 3.16. The maximum absolute atomic E-state index is 4.81. The molecule has 8 heteroatoms. The molecule has 26 heavy (non-hydrogen) atoms. The lowest BCUT2D eigenvalue weighted by molar-refractivity contribution is 0.557. The van der Waals surface area contributed by atoms with E-state index in [9.17, 15) is 0 Å². The van der Waals surface area contributed by atoms with Crippen LogP contribution in [0.15, 0.2) is 37.1 Å². The molecule has 0 spiro atoms. The minimum Gasteiger partial charge on any atom is -0.365 e. The van der Waals surface area contributed by atoms with Crippen molar-refractivity contribution in [3.8, 4) is 11.5 Å². The van der Waals surface area contributed by atoms with Gasteiger partial charge in [0, 0.05) is 30.8 Å². The highest BCUT2D eigenvalue weighted by Crippen LogP contribution is 2.24. The topological polar surface area (TPSA) is 93.4 Å². The van der Waals surface area contributed by atoms with Gasteiger partial charge in [0.2, 0.25) is 0 Å². The first kappa shape index (κ1) is 16.6. The van der Waals surface area contributed by atoms with Crippen LogP contribution in [0.1, 0.15) is 18.2 Å². The maximum Gasteiger partial charge on any atom is 0.180 e. The van der Waals surface area contributed by atoms with Gasteiger partial charge in [0.1, 0.15) is 24.2 Å². The van der Waals surface area contributed by atoms with Crippen LogP contribution in [0.25, 0.3) is 11.5 Å². The summed E-state index contributed by atoms with van der Waals surface area (Å²) < 4.78 is 1.82. The largest absolute Gasteiger partial charge is 0.365 e. The monoisotopic (exact) mass is 350 g/mol. The van der Waals surface area contributed by atoms with Crippen LogP contribution in [-0.2, 0) is 19.4 Å². The average molecular weight is 350 g/mol. The van der Waals surface area contributed by atoms with Gasteiger partial charge in [-0.15, -0.1) is 0 Å². The number of nitrogens with one attached hydrogen (secondary N) is 2. The quantitative estimate of drug-likeness (QED) is 0.717. The highest BCUT2D eigenvalue weighted by Gasteiger charge is 2.19. The van der Waals surface area contributed by atoms with Gasteiger partial charge in [0.25, 0.3) is 0 Å². The van der Waals surface area contributed by atoms with Crippen molar-refractivity contribution in [2.75, 3.05) is 18.4 Å². The van der Waals surface area contributed by atoms with Crippen LogP contribution in [-0.4, -0.2) is 48.8 Å². The zero-order chi connectivity index (χ0) is 17.8. The maximum atomic E-state index is 4.81. The Kier molecular flexibility index (Phi) is 4.83. The minimum absolute atomic E-state index is 0.156. The number of rotatable bonds is 5. The van der Waals surface area contributed by atoms with Crippen molar-refractivity contribution in [2.45, 2.75) is 32.4 Å². The van der Waals surface area contributed by atoms with Crippen molar-refractivity contribution < 1.29 is 0 Å². The van der Waals surface area contributed by atoms with Crippen LogP contribution in [0.2, 0.25) is 0 Å². The molecule has 1 aliphatic rings. The lowest BCUT2D eigenvalue weighted by Gasteiger charge is -2.19. The number of hydrogen-bond acceptors (Lipinski definition) is 7. The van der Waals surface area contributed by atoms with Crippen LogP contribution in [0, 0.1) is 0 Å². The molecule has 2 N–H and O–H groups in total. The lowest BCUT2D eigenvalue weighted by atomic mass is 10.1. The second-order valence-electron chi connectivity index (χ2n) is 6.45. The van der Waals surface area contributed by atoms with Crippen molar-refractivity contribution >= 4 is 5.82 Å². The highest BCUT2D eigenvalue weighted by molar-refractivity contribution is 5.57. The molecule has 3 aromatic heterocycles. The van der Waals surface area contributed by atoms with E-state index in [2.05, 4.69) is 32.6 Å². The van der Waals surface area contributed by atoms with Gasteiger partial charge < -0.3 is 10.6 Å². The summed E-state index contributed by atoms with van der Waals surface area (Å²) in [6.45, 7) is 4.70. The Morgan fingerprint density at radius 3 is 2.96 bits per heavy atom. The first-order valence-corrected chi connectivity index (χ1v) is 8.90. The van der Waals surface area contributed by atoms with E-state index in [-0.39, 0.29) is 6.04 Å². The Labute approximate surface area is 152 Å². The predicted octanol–water partition coefficient (Wildman–Crippen LogP) is 1.32. The molecule has 0 saturated heterocycles. The van der Waals surface area contributed by atoms with Gasteiger partial charge in [-0.3, -0.25) is 9.67 Å². The molecule has 8 nitrogen and oxygen atoms in total. The van der Waals surface area contributed by atoms with Gasteiger partial charge in [-0.2, -0.15) is 5.10 Å². The van der Waals surface area contributed by atoms with E-state index in [4.69, 9.17) is 9.97 Å². The van der Waals surface area contributed by atoms with Gasteiger partial charge in [-0.25, -0.2) is 15.0 Å². The van der Waals surface area contributed by atoms with Crippen molar-refractivity contribution in [1.82, 2.24) is 35.0 Å². The molecule has 1 atom stereocenters. The first-order chi connectivity index (χ1) is 12.8. The number of fused-ring (bicyclic) bond motifs is 1. The summed E-state index contributed by atoms with van der Waals surface area (Å²) in [6.07, 6.45) is 6.85. The summed E-state index contributed by atoms with van der Waals surface area (Å²) in [5.74, 6) is 1.56. The summed E-state index contributed by atoms with van der Waals surface area (Å²) in [4.78, 5) is 18.0. The van der Waals surface area contributed by atoms with E-state index in [1.165, 1.54) is 5.56 Å². The molecule has 0 bridgehead atoms. The second kappa shape index (κ2) is 7.57. The van der Waals surface area contributed by atoms with E-state index >= 15 is 0 Å². The Morgan fingerprint density at radius 2 is 2.15 bits per heavy atom. The third kappa shape index (κ3) is 3.70. The zero-order valence-corrected chi connectivity index (χ0v) is 14.8. The Bertz CT molecular complexity index is 847. The summed E-state index contributed by atoms with van der Waals surface area (Å²) >= 11 is 0. The molecule has 0 fully saturated rings. The van der Waals surface area contributed by atoms with E-state index in [0.29, 0.717) is 5.82 Å². The third-order valence-electron chi connectivity index (χ3n) is 4.39. The molecule has 0 amide bonds. The molecule has 1 aliphatic heterocycles. The number of pyridine rings is 1. The summed E-state index contributed by atoms with van der Waals surface area (Å²) in [5, 5.41) is 11.2. The Hall–Kier alpha value is -2.87. The molecule has 0 saturated carbocycles. The fourth-order valence-corrected chi connectivity index (χ4v) is 3.16. The van der Waals surface area contributed by atoms with Gasteiger partial charge in [-0.1, -0.05) is 6.07 Å². The van der Waals surface area contributed by atoms with E-state index in [0.717, 1.165) is 49.7 Å². The molecule has 1 unspecified atom stereocenters. The molecule has 0 aromatic carbocycles. The van der Waals surface area contributed by atoms with Crippen molar-refractivity contribution in [3.63, 3.8) is 0 Å². The predicted molar refractivity (Wildman–Crippen MR) is 98.6 cm³/mol. The SMILES string of the molecule is CC(Cn1cncn1)Nc1nc(-c2ccccn2)nc2c1CCNCC2. The van der Waals surface area contributed by atoms with Crippen molar-refractivity contribution in [3.05, 3.63) is 48.3 Å². The number of aromatic nitrogens is 6. The van der Waals surface area contributed by atoms with Crippen LogP contribution >= 0.6 is 0 Å². The van der Waals surface area contributed by atoms with Gasteiger partial charge in [0.15, 0.2) is 5.82 Å². The normalized spacial score (nSPS) is 15.1. The molecule has 4 rings (SSSR count).